The fourth-order valence-corrected chi connectivity index (χ4v) is 1.49. The fraction of sp³-hybridized carbons (Fsp3) is 0.500. The van der Waals surface area contributed by atoms with Crippen molar-refractivity contribution in [2.24, 2.45) is 5.73 Å². The van der Waals surface area contributed by atoms with Crippen LogP contribution in [0.2, 0.25) is 0 Å². The monoisotopic (exact) mass is 209 g/mol. The molecule has 2 N–H and O–H groups in total. The van der Waals surface area contributed by atoms with Crippen LogP contribution in [0.4, 0.5) is 0 Å². The largest absolute Gasteiger partial charge is 0.493 e. The molecule has 0 amide bonds. The van der Waals surface area contributed by atoms with Crippen LogP contribution in [-0.2, 0) is 6.42 Å². The van der Waals surface area contributed by atoms with Gasteiger partial charge in [-0.1, -0.05) is 6.07 Å². The molecule has 1 rings (SSSR count). The second-order valence-corrected chi connectivity index (χ2v) is 3.60. The summed E-state index contributed by atoms with van der Waals surface area (Å²) in [7, 11) is 1.65. The summed E-state index contributed by atoms with van der Waals surface area (Å²) in [5.41, 5.74) is 6.91. The maximum atomic E-state index is 5.74. The molecule has 3 heteroatoms. The van der Waals surface area contributed by atoms with Crippen LogP contribution in [0.25, 0.3) is 0 Å². The molecule has 15 heavy (non-hydrogen) atoms. The van der Waals surface area contributed by atoms with Gasteiger partial charge in [0.2, 0.25) is 0 Å². The highest BCUT2D eigenvalue weighted by Crippen LogP contribution is 2.28. The average molecular weight is 209 g/mol. The van der Waals surface area contributed by atoms with Crippen molar-refractivity contribution in [3.05, 3.63) is 23.8 Å². The number of rotatable bonds is 5. The Bertz CT molecular complexity index is 310. The number of benzene rings is 1. The maximum Gasteiger partial charge on any atom is 0.161 e. The standard InChI is InChI=1S/C12H19NO2/c1-4-15-11-6-5-10(7-9(2)13)8-12(11)14-3/h5-6,8-9H,4,7,13H2,1-3H3/t9-/m0/s1. The molecular formula is C12H19NO2. The van der Waals surface area contributed by atoms with Gasteiger partial charge < -0.3 is 15.2 Å². The molecule has 1 aromatic rings. The van der Waals surface area contributed by atoms with Gasteiger partial charge >= 0.3 is 0 Å². The molecule has 0 aliphatic rings. The van der Waals surface area contributed by atoms with Crippen LogP contribution >= 0.6 is 0 Å². The first-order valence-corrected chi connectivity index (χ1v) is 5.22. The van der Waals surface area contributed by atoms with E-state index in [0.29, 0.717) is 6.61 Å². The van der Waals surface area contributed by atoms with E-state index in [9.17, 15) is 0 Å². The summed E-state index contributed by atoms with van der Waals surface area (Å²) in [5.74, 6) is 1.56. The van der Waals surface area contributed by atoms with Crippen LogP contribution < -0.4 is 15.2 Å². The van der Waals surface area contributed by atoms with Crippen LogP contribution in [0.3, 0.4) is 0 Å². The van der Waals surface area contributed by atoms with E-state index in [1.807, 2.05) is 32.0 Å². The lowest BCUT2D eigenvalue weighted by molar-refractivity contribution is 0.310. The van der Waals surface area contributed by atoms with Gasteiger partial charge in [0, 0.05) is 6.04 Å². The Balaban J connectivity index is 2.86. The van der Waals surface area contributed by atoms with Crippen molar-refractivity contribution in [1.82, 2.24) is 0 Å². The summed E-state index contributed by atoms with van der Waals surface area (Å²) < 4.78 is 10.7. The number of methoxy groups -OCH3 is 1. The number of ether oxygens (including phenoxy) is 2. The van der Waals surface area contributed by atoms with Crippen LogP contribution in [0, 0.1) is 0 Å². The third kappa shape index (κ3) is 3.44. The summed E-state index contributed by atoms with van der Waals surface area (Å²) in [6.07, 6.45) is 0.850. The van der Waals surface area contributed by atoms with E-state index in [0.717, 1.165) is 17.9 Å². The van der Waals surface area contributed by atoms with Gasteiger partial charge in [-0.05, 0) is 38.0 Å². The first-order valence-electron chi connectivity index (χ1n) is 5.22. The van der Waals surface area contributed by atoms with Gasteiger partial charge in [-0.3, -0.25) is 0 Å². The van der Waals surface area contributed by atoms with Gasteiger partial charge in [-0.25, -0.2) is 0 Å². The van der Waals surface area contributed by atoms with Crippen molar-refractivity contribution in [3.63, 3.8) is 0 Å². The molecule has 0 radical (unpaired) electrons. The Kier molecular flexibility index (Phi) is 4.43. The molecule has 0 saturated heterocycles. The van der Waals surface area contributed by atoms with Gasteiger partial charge in [-0.2, -0.15) is 0 Å². The highest BCUT2D eigenvalue weighted by Gasteiger charge is 2.06. The van der Waals surface area contributed by atoms with Gasteiger partial charge in [-0.15, -0.1) is 0 Å². The van der Waals surface area contributed by atoms with Crippen molar-refractivity contribution in [3.8, 4) is 11.5 Å². The van der Waals surface area contributed by atoms with Crippen LogP contribution in [0.1, 0.15) is 19.4 Å². The molecule has 84 valence electrons. The van der Waals surface area contributed by atoms with E-state index in [1.165, 1.54) is 5.56 Å². The Hall–Kier alpha value is -1.22. The predicted molar refractivity (Wildman–Crippen MR) is 61.5 cm³/mol. The second-order valence-electron chi connectivity index (χ2n) is 3.60. The van der Waals surface area contributed by atoms with Crippen molar-refractivity contribution < 1.29 is 9.47 Å². The van der Waals surface area contributed by atoms with E-state index in [1.54, 1.807) is 7.11 Å². The molecule has 0 aromatic heterocycles. The Morgan fingerprint density at radius 2 is 2.07 bits per heavy atom. The van der Waals surface area contributed by atoms with Gasteiger partial charge in [0.15, 0.2) is 11.5 Å². The van der Waals surface area contributed by atoms with E-state index < -0.39 is 0 Å². The van der Waals surface area contributed by atoms with E-state index in [2.05, 4.69) is 0 Å². The zero-order valence-electron chi connectivity index (χ0n) is 9.62. The van der Waals surface area contributed by atoms with Gasteiger partial charge in [0.05, 0.1) is 13.7 Å². The van der Waals surface area contributed by atoms with E-state index >= 15 is 0 Å². The minimum Gasteiger partial charge on any atom is -0.493 e. The first-order chi connectivity index (χ1) is 7.17. The number of hydrogen-bond donors (Lipinski definition) is 1. The van der Waals surface area contributed by atoms with Crippen LogP contribution in [-0.4, -0.2) is 19.8 Å². The minimum atomic E-state index is 0.160. The van der Waals surface area contributed by atoms with E-state index in [4.69, 9.17) is 15.2 Å². The zero-order chi connectivity index (χ0) is 11.3. The zero-order valence-corrected chi connectivity index (χ0v) is 9.62. The first kappa shape index (κ1) is 11.9. The summed E-state index contributed by atoms with van der Waals surface area (Å²) in [6, 6.07) is 6.10. The third-order valence-electron chi connectivity index (χ3n) is 2.09. The molecule has 0 saturated carbocycles. The molecule has 0 fully saturated rings. The lowest BCUT2D eigenvalue weighted by atomic mass is 10.1. The van der Waals surface area contributed by atoms with Crippen LogP contribution in [0.15, 0.2) is 18.2 Å². The Labute approximate surface area is 91.2 Å². The van der Waals surface area contributed by atoms with Gasteiger partial charge in [0.1, 0.15) is 0 Å². The second kappa shape index (κ2) is 5.61. The lowest BCUT2D eigenvalue weighted by Gasteiger charge is -2.11. The average Bonchev–Trinajstić information content (AvgIpc) is 2.20. The van der Waals surface area contributed by atoms with Crippen molar-refractivity contribution in [2.75, 3.05) is 13.7 Å². The molecule has 0 spiro atoms. The summed E-state index contributed by atoms with van der Waals surface area (Å²) in [4.78, 5) is 0. The minimum absolute atomic E-state index is 0.160. The third-order valence-corrected chi connectivity index (χ3v) is 2.09. The molecule has 0 aliphatic heterocycles. The molecule has 1 atom stereocenters. The number of hydrogen-bond acceptors (Lipinski definition) is 3. The van der Waals surface area contributed by atoms with Gasteiger partial charge in [0.25, 0.3) is 0 Å². The SMILES string of the molecule is CCOc1ccc(C[C@H](C)N)cc1OC. The molecule has 0 aliphatic carbocycles. The Morgan fingerprint density at radius 3 is 2.60 bits per heavy atom. The molecule has 0 bridgehead atoms. The van der Waals surface area contributed by atoms with Crippen molar-refractivity contribution in [2.45, 2.75) is 26.3 Å². The fourth-order valence-electron chi connectivity index (χ4n) is 1.49. The predicted octanol–water partition coefficient (Wildman–Crippen LogP) is 1.98. The quantitative estimate of drug-likeness (QED) is 0.806. The highest BCUT2D eigenvalue weighted by atomic mass is 16.5. The number of nitrogens with two attached hydrogens (primary N) is 1. The molecule has 3 nitrogen and oxygen atoms in total. The topological polar surface area (TPSA) is 44.5 Å². The lowest BCUT2D eigenvalue weighted by Crippen LogP contribution is -2.17. The maximum absolute atomic E-state index is 5.74. The smallest absolute Gasteiger partial charge is 0.161 e. The summed E-state index contributed by atoms with van der Waals surface area (Å²) >= 11 is 0. The van der Waals surface area contributed by atoms with Crippen molar-refractivity contribution in [1.29, 1.82) is 0 Å². The van der Waals surface area contributed by atoms with Crippen molar-refractivity contribution >= 4 is 0 Å². The molecule has 0 unspecified atom stereocenters. The van der Waals surface area contributed by atoms with Crippen LogP contribution in [0.5, 0.6) is 11.5 Å². The Morgan fingerprint density at radius 1 is 1.33 bits per heavy atom. The normalized spacial score (nSPS) is 12.3. The summed E-state index contributed by atoms with van der Waals surface area (Å²) in [6.45, 7) is 4.58. The molecule has 1 aromatic carbocycles. The molecule has 0 heterocycles. The highest BCUT2D eigenvalue weighted by molar-refractivity contribution is 5.43. The molecular weight excluding hydrogens is 190 g/mol. The van der Waals surface area contributed by atoms with E-state index in [-0.39, 0.29) is 6.04 Å². The summed E-state index contributed by atoms with van der Waals surface area (Å²) in [5, 5.41) is 0.